The summed E-state index contributed by atoms with van der Waals surface area (Å²) in [4.78, 5) is 10.8. The van der Waals surface area contributed by atoms with Crippen molar-refractivity contribution in [2.24, 2.45) is 11.8 Å². The molecule has 88 valence electrons. The number of rotatable bonds is 5. The van der Waals surface area contributed by atoms with Crippen LogP contribution in [0.5, 0.6) is 0 Å². The van der Waals surface area contributed by atoms with Gasteiger partial charge in [0.2, 0.25) is 0 Å². The van der Waals surface area contributed by atoms with Crippen LogP contribution in [0.25, 0.3) is 0 Å². The smallest absolute Gasteiger partial charge is 0.150 e. The van der Waals surface area contributed by atoms with Gasteiger partial charge in [0.1, 0.15) is 6.29 Å². The summed E-state index contributed by atoms with van der Waals surface area (Å²) in [7, 11) is 0. The second-order valence-electron chi connectivity index (χ2n) is 5.34. The van der Waals surface area contributed by atoms with E-state index in [1.807, 2.05) is 12.1 Å². The second-order valence-corrected chi connectivity index (χ2v) is 5.34. The van der Waals surface area contributed by atoms with Crippen molar-refractivity contribution in [3.05, 3.63) is 34.9 Å². The number of carbonyl (C=O) groups is 1. The minimum absolute atomic E-state index is 0.632. The molecule has 0 atom stereocenters. The van der Waals surface area contributed by atoms with Gasteiger partial charge in [-0.25, -0.2) is 0 Å². The number of hydrogen-bond acceptors (Lipinski definition) is 1. The Morgan fingerprint density at radius 3 is 2.06 bits per heavy atom. The third-order valence-corrected chi connectivity index (χ3v) is 2.62. The molecular weight excluding hydrogens is 196 g/mol. The van der Waals surface area contributed by atoms with Crippen molar-refractivity contribution in [2.45, 2.75) is 40.5 Å². The second kappa shape index (κ2) is 5.83. The maximum Gasteiger partial charge on any atom is 0.150 e. The van der Waals surface area contributed by atoms with Gasteiger partial charge in [0.05, 0.1) is 0 Å². The maximum absolute atomic E-state index is 10.8. The summed E-state index contributed by atoms with van der Waals surface area (Å²) in [5, 5.41) is 0. The van der Waals surface area contributed by atoms with E-state index in [2.05, 4.69) is 33.8 Å². The van der Waals surface area contributed by atoms with E-state index >= 15 is 0 Å². The molecule has 1 nitrogen and oxygen atoms in total. The molecule has 16 heavy (non-hydrogen) atoms. The Kier molecular flexibility index (Phi) is 4.72. The summed E-state index contributed by atoms with van der Waals surface area (Å²) in [5.74, 6) is 1.29. The van der Waals surface area contributed by atoms with E-state index in [1.54, 1.807) is 0 Å². The van der Waals surface area contributed by atoms with E-state index in [1.165, 1.54) is 11.1 Å². The van der Waals surface area contributed by atoms with Crippen LogP contribution < -0.4 is 0 Å². The minimum Gasteiger partial charge on any atom is -0.298 e. The van der Waals surface area contributed by atoms with Crippen LogP contribution in [0.15, 0.2) is 18.2 Å². The fourth-order valence-electron chi connectivity index (χ4n) is 1.99. The normalized spacial score (nSPS) is 11.1. The number of hydrogen-bond donors (Lipinski definition) is 0. The molecule has 0 unspecified atom stereocenters. The highest BCUT2D eigenvalue weighted by Gasteiger charge is 2.07. The van der Waals surface area contributed by atoms with Crippen LogP contribution in [0, 0.1) is 11.8 Å². The molecule has 1 rings (SSSR count). The lowest BCUT2D eigenvalue weighted by Crippen LogP contribution is -2.03. The fourth-order valence-corrected chi connectivity index (χ4v) is 1.99. The lowest BCUT2D eigenvalue weighted by atomic mass is 9.91. The van der Waals surface area contributed by atoms with E-state index < -0.39 is 0 Å². The highest BCUT2D eigenvalue weighted by atomic mass is 16.1. The lowest BCUT2D eigenvalue weighted by Gasteiger charge is -2.14. The third-order valence-electron chi connectivity index (χ3n) is 2.62. The van der Waals surface area contributed by atoms with Gasteiger partial charge in [-0.2, -0.15) is 0 Å². The molecule has 0 heterocycles. The zero-order chi connectivity index (χ0) is 12.1. The molecule has 0 aromatic heterocycles. The Morgan fingerprint density at radius 1 is 1.00 bits per heavy atom. The van der Waals surface area contributed by atoms with Crippen LogP contribution in [0.3, 0.4) is 0 Å². The van der Waals surface area contributed by atoms with Crippen molar-refractivity contribution in [2.75, 3.05) is 0 Å². The molecule has 0 saturated heterocycles. The number of aldehydes is 1. The molecule has 1 aromatic carbocycles. The van der Waals surface area contributed by atoms with E-state index in [0.717, 1.165) is 24.7 Å². The Morgan fingerprint density at radius 2 is 1.56 bits per heavy atom. The fraction of sp³-hybridized carbons (Fsp3) is 0.533. The van der Waals surface area contributed by atoms with Crippen molar-refractivity contribution in [1.82, 2.24) is 0 Å². The molecule has 0 aliphatic rings. The van der Waals surface area contributed by atoms with Gasteiger partial charge in [-0.3, -0.25) is 4.79 Å². The Labute approximate surface area is 98.9 Å². The third kappa shape index (κ3) is 3.80. The van der Waals surface area contributed by atoms with Gasteiger partial charge in [0.25, 0.3) is 0 Å². The first-order valence-electron chi connectivity index (χ1n) is 6.10. The number of benzene rings is 1. The Balaban J connectivity index is 3.00. The zero-order valence-corrected chi connectivity index (χ0v) is 10.8. The van der Waals surface area contributed by atoms with Crippen LogP contribution >= 0.6 is 0 Å². The zero-order valence-electron chi connectivity index (χ0n) is 10.8. The Bertz CT molecular complexity index is 350. The largest absolute Gasteiger partial charge is 0.298 e. The van der Waals surface area contributed by atoms with E-state index in [-0.39, 0.29) is 0 Å². The summed E-state index contributed by atoms with van der Waals surface area (Å²) in [5.41, 5.74) is 3.53. The summed E-state index contributed by atoms with van der Waals surface area (Å²) < 4.78 is 0. The van der Waals surface area contributed by atoms with Crippen molar-refractivity contribution < 1.29 is 4.79 Å². The molecule has 0 spiro atoms. The quantitative estimate of drug-likeness (QED) is 0.685. The van der Waals surface area contributed by atoms with Gasteiger partial charge >= 0.3 is 0 Å². The van der Waals surface area contributed by atoms with Crippen LogP contribution in [-0.2, 0) is 12.8 Å². The average Bonchev–Trinajstić information content (AvgIpc) is 2.19. The first-order valence-corrected chi connectivity index (χ1v) is 6.10. The van der Waals surface area contributed by atoms with Crippen LogP contribution in [0.1, 0.15) is 49.2 Å². The number of carbonyl (C=O) groups excluding carboxylic acids is 1. The van der Waals surface area contributed by atoms with Crippen molar-refractivity contribution in [3.63, 3.8) is 0 Å². The molecule has 0 aliphatic carbocycles. The summed E-state index contributed by atoms with van der Waals surface area (Å²) in [6.45, 7) is 8.89. The first-order chi connectivity index (χ1) is 7.52. The predicted octanol–water partition coefficient (Wildman–Crippen LogP) is 3.90. The standard InChI is InChI=1S/C15H22O/c1-11(2)7-14-6-5-13(10-16)9-15(14)8-12(3)4/h5-6,9-12H,7-8H2,1-4H3. The lowest BCUT2D eigenvalue weighted by molar-refractivity contribution is 0.112. The van der Waals surface area contributed by atoms with Crippen LogP contribution in [0.2, 0.25) is 0 Å². The molecule has 1 aromatic rings. The van der Waals surface area contributed by atoms with E-state index in [0.29, 0.717) is 11.8 Å². The molecule has 0 amide bonds. The molecule has 0 bridgehead atoms. The van der Waals surface area contributed by atoms with E-state index in [4.69, 9.17) is 0 Å². The summed E-state index contributed by atoms with van der Waals surface area (Å²) >= 11 is 0. The van der Waals surface area contributed by atoms with Crippen molar-refractivity contribution >= 4 is 6.29 Å². The van der Waals surface area contributed by atoms with Crippen molar-refractivity contribution in [3.8, 4) is 0 Å². The topological polar surface area (TPSA) is 17.1 Å². The monoisotopic (exact) mass is 218 g/mol. The molecule has 1 heteroatoms. The average molecular weight is 218 g/mol. The highest BCUT2D eigenvalue weighted by molar-refractivity contribution is 5.75. The molecule has 0 fully saturated rings. The molecule has 0 saturated carbocycles. The maximum atomic E-state index is 10.8. The molecule has 0 radical (unpaired) electrons. The molecule has 0 N–H and O–H groups in total. The first kappa shape index (κ1) is 13.0. The van der Waals surface area contributed by atoms with Gasteiger partial charge in [-0.15, -0.1) is 0 Å². The summed E-state index contributed by atoms with van der Waals surface area (Å²) in [6.07, 6.45) is 3.09. The van der Waals surface area contributed by atoms with Gasteiger partial charge < -0.3 is 0 Å². The van der Waals surface area contributed by atoms with Crippen molar-refractivity contribution in [1.29, 1.82) is 0 Å². The molecule has 0 aliphatic heterocycles. The van der Waals surface area contributed by atoms with Gasteiger partial charge in [0, 0.05) is 5.56 Å². The Hall–Kier alpha value is -1.11. The van der Waals surface area contributed by atoms with Gasteiger partial charge in [-0.1, -0.05) is 39.8 Å². The minimum atomic E-state index is 0.632. The SMILES string of the molecule is CC(C)Cc1ccc(C=O)cc1CC(C)C. The highest BCUT2D eigenvalue weighted by Crippen LogP contribution is 2.19. The van der Waals surface area contributed by atoms with E-state index in [9.17, 15) is 4.79 Å². The van der Waals surface area contributed by atoms with Gasteiger partial charge in [-0.05, 0) is 41.9 Å². The van der Waals surface area contributed by atoms with Crippen LogP contribution in [0.4, 0.5) is 0 Å². The van der Waals surface area contributed by atoms with Gasteiger partial charge in [0.15, 0.2) is 0 Å². The molecular formula is C15H22O. The predicted molar refractivity (Wildman–Crippen MR) is 68.9 cm³/mol. The summed E-state index contributed by atoms with van der Waals surface area (Å²) in [6, 6.07) is 6.08. The van der Waals surface area contributed by atoms with Crippen LogP contribution in [-0.4, -0.2) is 6.29 Å².